The van der Waals surface area contributed by atoms with Crippen molar-refractivity contribution in [3.05, 3.63) is 58.6 Å². The van der Waals surface area contributed by atoms with Crippen LogP contribution in [0.5, 0.6) is 0 Å². The third-order valence-electron chi connectivity index (χ3n) is 3.42. The van der Waals surface area contributed by atoms with Crippen molar-refractivity contribution in [1.82, 2.24) is 40.4 Å². The molecular weight excluding hydrogens is 427 g/mol. The van der Waals surface area contributed by atoms with E-state index >= 15 is 0 Å². The van der Waals surface area contributed by atoms with Gasteiger partial charge in [-0.05, 0) is 45.1 Å². The van der Waals surface area contributed by atoms with E-state index in [0.717, 1.165) is 11.4 Å². The molecule has 2 aromatic heterocycles. The van der Waals surface area contributed by atoms with Gasteiger partial charge in [0.2, 0.25) is 10.3 Å². The molecule has 27 heavy (non-hydrogen) atoms. The molecule has 12 heteroatoms. The topological polar surface area (TPSA) is 87.2 Å². The molecule has 8 nitrogen and oxygen atoms in total. The second kappa shape index (κ2) is 8.26. The van der Waals surface area contributed by atoms with Gasteiger partial charge in [-0.2, -0.15) is 9.36 Å². The number of tetrazole rings is 2. The molecule has 2 heterocycles. The van der Waals surface area contributed by atoms with Crippen molar-refractivity contribution in [2.45, 2.75) is 10.3 Å². The van der Waals surface area contributed by atoms with Gasteiger partial charge in [-0.1, -0.05) is 71.0 Å². The molecule has 0 N–H and O–H groups in total. The van der Waals surface area contributed by atoms with E-state index in [0.29, 0.717) is 25.4 Å². The Hall–Kier alpha value is -2.14. The fourth-order valence-corrected chi connectivity index (χ4v) is 4.44. The summed E-state index contributed by atoms with van der Waals surface area (Å²) in [6, 6.07) is 14.8. The monoisotopic (exact) mass is 436 g/mol. The SMILES string of the molecule is Clc1ccccc1-n1nnnc1SCSc1nnnn1-c1ccccc1Cl. The van der Waals surface area contributed by atoms with Crippen molar-refractivity contribution >= 4 is 46.7 Å². The highest BCUT2D eigenvalue weighted by Gasteiger charge is 2.15. The van der Waals surface area contributed by atoms with Gasteiger partial charge >= 0.3 is 0 Å². The first kappa shape index (κ1) is 18.2. The van der Waals surface area contributed by atoms with Gasteiger partial charge in [0.1, 0.15) is 0 Å². The van der Waals surface area contributed by atoms with Gasteiger partial charge in [-0.15, -0.1) is 10.2 Å². The van der Waals surface area contributed by atoms with Gasteiger partial charge in [0.05, 0.1) is 26.5 Å². The van der Waals surface area contributed by atoms with Gasteiger partial charge in [0.15, 0.2) is 0 Å². The van der Waals surface area contributed by atoms with Crippen LogP contribution in [0.4, 0.5) is 0 Å². The number of hydrogen-bond acceptors (Lipinski definition) is 8. The molecule has 0 saturated heterocycles. The van der Waals surface area contributed by atoms with Gasteiger partial charge in [0.25, 0.3) is 0 Å². The summed E-state index contributed by atoms with van der Waals surface area (Å²) in [5.74, 6) is 0. The van der Waals surface area contributed by atoms with Crippen molar-refractivity contribution in [3.8, 4) is 11.4 Å². The number of hydrogen-bond donors (Lipinski definition) is 0. The van der Waals surface area contributed by atoms with Crippen LogP contribution in [-0.4, -0.2) is 45.5 Å². The molecule has 0 radical (unpaired) electrons. The van der Waals surface area contributed by atoms with E-state index in [-0.39, 0.29) is 0 Å². The summed E-state index contributed by atoms with van der Waals surface area (Å²) in [7, 11) is 0. The zero-order valence-corrected chi connectivity index (χ0v) is 16.6. The Morgan fingerprint density at radius 1 is 0.704 bits per heavy atom. The van der Waals surface area contributed by atoms with Gasteiger partial charge in [-0.3, -0.25) is 0 Å². The summed E-state index contributed by atoms with van der Waals surface area (Å²) in [6.45, 7) is 0. The van der Waals surface area contributed by atoms with Crippen LogP contribution in [0.15, 0.2) is 58.8 Å². The van der Waals surface area contributed by atoms with Gasteiger partial charge < -0.3 is 0 Å². The largest absolute Gasteiger partial charge is 0.214 e. The van der Waals surface area contributed by atoms with Crippen LogP contribution in [0.25, 0.3) is 11.4 Å². The van der Waals surface area contributed by atoms with Crippen LogP contribution >= 0.6 is 46.7 Å². The minimum atomic E-state index is 0.571. The Morgan fingerprint density at radius 2 is 1.15 bits per heavy atom. The molecule has 4 aromatic rings. The average Bonchev–Trinajstić information content (AvgIpc) is 3.32. The summed E-state index contributed by atoms with van der Waals surface area (Å²) in [4.78, 5) is 0. The molecule has 0 saturated carbocycles. The van der Waals surface area contributed by atoms with Crippen LogP contribution in [-0.2, 0) is 0 Å². The van der Waals surface area contributed by atoms with E-state index in [2.05, 4.69) is 31.1 Å². The van der Waals surface area contributed by atoms with E-state index in [1.54, 1.807) is 21.5 Å². The third-order valence-corrected chi connectivity index (χ3v) is 6.03. The van der Waals surface area contributed by atoms with Crippen LogP contribution < -0.4 is 0 Å². The standard InChI is InChI=1S/C15H10Cl2N8S2/c16-10-5-1-3-7-12(10)24-14(18-20-22-24)26-9-27-15-19-21-23-25(15)13-8-4-2-6-11(13)17/h1-8H,9H2. The molecule has 0 unspecified atom stereocenters. The van der Waals surface area contributed by atoms with Crippen LogP contribution in [0, 0.1) is 0 Å². The van der Waals surface area contributed by atoms with Crippen LogP contribution in [0.3, 0.4) is 0 Å². The molecule has 0 aliphatic rings. The second-order valence-electron chi connectivity index (χ2n) is 5.06. The molecule has 0 amide bonds. The first-order chi connectivity index (χ1) is 13.2. The number of aromatic nitrogens is 8. The molecule has 0 spiro atoms. The number of halogens is 2. The van der Waals surface area contributed by atoms with Crippen molar-refractivity contribution in [1.29, 1.82) is 0 Å². The zero-order valence-electron chi connectivity index (χ0n) is 13.5. The normalized spacial score (nSPS) is 11.0. The van der Waals surface area contributed by atoms with Crippen LogP contribution in [0.2, 0.25) is 10.0 Å². The van der Waals surface area contributed by atoms with Crippen molar-refractivity contribution < 1.29 is 0 Å². The van der Waals surface area contributed by atoms with E-state index in [1.807, 2.05) is 36.4 Å². The highest BCUT2D eigenvalue weighted by atomic mass is 35.5. The Bertz CT molecular complexity index is 983. The molecule has 0 atom stereocenters. The predicted molar refractivity (Wildman–Crippen MR) is 105 cm³/mol. The van der Waals surface area contributed by atoms with Gasteiger partial charge in [-0.25, -0.2) is 0 Å². The molecule has 136 valence electrons. The minimum absolute atomic E-state index is 0.571. The Labute approximate surface area is 172 Å². The Morgan fingerprint density at radius 3 is 1.59 bits per heavy atom. The van der Waals surface area contributed by atoms with E-state index < -0.39 is 0 Å². The van der Waals surface area contributed by atoms with Crippen LogP contribution in [0.1, 0.15) is 0 Å². The highest BCUT2D eigenvalue weighted by molar-refractivity contribution is 8.15. The fraction of sp³-hybridized carbons (Fsp3) is 0.0667. The first-order valence-corrected chi connectivity index (χ1v) is 10.3. The average molecular weight is 437 g/mol. The van der Waals surface area contributed by atoms with Crippen molar-refractivity contribution in [2.75, 3.05) is 5.08 Å². The first-order valence-electron chi connectivity index (χ1n) is 7.56. The Kier molecular flexibility index (Phi) is 5.58. The zero-order chi connectivity index (χ0) is 18.6. The third kappa shape index (κ3) is 3.93. The number of rotatable bonds is 6. The second-order valence-corrected chi connectivity index (χ2v) is 8.12. The van der Waals surface area contributed by atoms with E-state index in [9.17, 15) is 0 Å². The highest BCUT2D eigenvalue weighted by Crippen LogP contribution is 2.29. The van der Waals surface area contributed by atoms with Crippen molar-refractivity contribution in [2.24, 2.45) is 0 Å². The van der Waals surface area contributed by atoms with E-state index in [4.69, 9.17) is 23.2 Å². The molecular formula is C15H10Cl2N8S2. The lowest BCUT2D eigenvalue weighted by Gasteiger charge is -2.07. The summed E-state index contributed by atoms with van der Waals surface area (Å²) in [6.07, 6.45) is 0. The summed E-state index contributed by atoms with van der Waals surface area (Å²) in [5.41, 5.74) is 1.44. The number of benzene rings is 2. The number of para-hydroxylation sites is 2. The Balaban J connectivity index is 1.49. The summed E-state index contributed by atoms with van der Waals surface area (Å²) < 4.78 is 3.20. The number of nitrogens with zero attached hydrogens (tertiary/aromatic N) is 8. The molecule has 4 rings (SSSR count). The molecule has 0 fully saturated rings. The lowest BCUT2D eigenvalue weighted by atomic mass is 10.3. The van der Waals surface area contributed by atoms with E-state index in [1.165, 1.54) is 23.5 Å². The van der Waals surface area contributed by atoms with Crippen molar-refractivity contribution in [3.63, 3.8) is 0 Å². The molecule has 0 bridgehead atoms. The summed E-state index contributed by atoms with van der Waals surface area (Å²) in [5, 5.41) is 26.6. The quantitative estimate of drug-likeness (QED) is 0.333. The minimum Gasteiger partial charge on any atom is -0.186 e. The molecule has 0 aliphatic carbocycles. The maximum atomic E-state index is 6.23. The lowest BCUT2D eigenvalue weighted by Crippen LogP contribution is -2.01. The lowest BCUT2D eigenvalue weighted by molar-refractivity contribution is 0.756. The smallest absolute Gasteiger partial charge is 0.186 e. The predicted octanol–water partition coefficient (Wildman–Crippen LogP) is 3.79. The molecule has 2 aromatic carbocycles. The molecule has 0 aliphatic heterocycles. The fourth-order valence-electron chi connectivity index (χ4n) is 2.22. The maximum Gasteiger partial charge on any atom is 0.214 e. The number of thioether (sulfide) groups is 2. The summed E-state index contributed by atoms with van der Waals surface area (Å²) >= 11 is 15.4. The van der Waals surface area contributed by atoms with Gasteiger partial charge in [0, 0.05) is 0 Å². The maximum absolute atomic E-state index is 6.23.